The van der Waals surface area contributed by atoms with Crippen LogP contribution in [0.15, 0.2) is 47.8 Å². The van der Waals surface area contributed by atoms with E-state index < -0.39 is 5.82 Å². The number of hydrogen-bond acceptors (Lipinski definition) is 7. The van der Waals surface area contributed by atoms with Crippen molar-refractivity contribution in [3.63, 3.8) is 0 Å². The highest BCUT2D eigenvalue weighted by Crippen LogP contribution is 2.29. The summed E-state index contributed by atoms with van der Waals surface area (Å²) in [6.07, 6.45) is 2.18. The maximum atomic E-state index is 13.8. The van der Waals surface area contributed by atoms with Gasteiger partial charge in [0.15, 0.2) is 5.82 Å². The molecule has 1 amide bonds. The second-order valence-corrected chi connectivity index (χ2v) is 7.53. The molecule has 0 unspecified atom stereocenters. The molecule has 4 rings (SSSR count). The Morgan fingerprint density at radius 2 is 2.00 bits per heavy atom. The molecule has 160 valence electrons. The Labute approximate surface area is 182 Å². The molecule has 2 aromatic rings. The number of nitrogens with two attached hydrogens (primary N) is 1. The van der Waals surface area contributed by atoms with Crippen LogP contribution in [0.3, 0.4) is 0 Å². The molecule has 3 heterocycles. The summed E-state index contributed by atoms with van der Waals surface area (Å²) in [5, 5.41) is 12.2. The first kappa shape index (κ1) is 20.7. The normalized spacial score (nSPS) is 18.0. The Balaban J connectivity index is 1.57. The number of carbonyl (C=O) groups excluding carboxylic acids is 1. The number of rotatable bonds is 4. The maximum Gasteiger partial charge on any atom is 0.258 e. The van der Waals surface area contributed by atoms with Gasteiger partial charge in [0, 0.05) is 17.3 Å². The van der Waals surface area contributed by atoms with Crippen molar-refractivity contribution >= 4 is 23.1 Å². The first-order chi connectivity index (χ1) is 14.8. The lowest BCUT2D eigenvalue weighted by molar-refractivity contribution is 0.0796. The van der Waals surface area contributed by atoms with E-state index in [0.717, 1.165) is 12.3 Å². The number of aliphatic hydroxyl groups excluding tert-OH is 1. The lowest BCUT2D eigenvalue weighted by Crippen LogP contribution is -2.30. The second kappa shape index (κ2) is 7.92. The van der Waals surface area contributed by atoms with Crippen molar-refractivity contribution in [1.29, 1.82) is 0 Å². The lowest BCUT2D eigenvalue weighted by atomic mass is 10.1. The zero-order chi connectivity index (χ0) is 22.3. The number of benzene rings is 1. The van der Waals surface area contributed by atoms with E-state index >= 15 is 0 Å². The van der Waals surface area contributed by atoms with Crippen LogP contribution >= 0.6 is 11.6 Å². The van der Waals surface area contributed by atoms with Gasteiger partial charge in [-0.2, -0.15) is 0 Å². The van der Waals surface area contributed by atoms with E-state index in [1.807, 2.05) is 0 Å². The fraction of sp³-hybridized carbons (Fsp3) is 0.190. The third kappa shape index (κ3) is 4.04. The monoisotopic (exact) mass is 443 g/mol. The number of halogens is 2. The minimum atomic E-state index is -0.549. The fourth-order valence-corrected chi connectivity index (χ4v) is 3.30. The zero-order valence-corrected chi connectivity index (χ0v) is 17.5. The van der Waals surface area contributed by atoms with Crippen LogP contribution in [0, 0.1) is 19.7 Å². The largest absolute Gasteiger partial charge is 0.513 e. The highest BCUT2D eigenvalue weighted by atomic mass is 35.5. The summed E-state index contributed by atoms with van der Waals surface area (Å²) in [4.78, 5) is 23.5. The Kier molecular flexibility index (Phi) is 5.28. The summed E-state index contributed by atoms with van der Waals surface area (Å²) >= 11 is 6.15. The number of aliphatic hydroxyl groups is 1. The van der Waals surface area contributed by atoms with Crippen molar-refractivity contribution in [1.82, 2.24) is 20.2 Å². The first-order valence-electron chi connectivity index (χ1n) is 9.34. The molecular formula is C21H19ClFN5O3. The predicted octanol–water partition coefficient (Wildman–Crippen LogP) is 2.93. The summed E-state index contributed by atoms with van der Waals surface area (Å²) in [5.41, 5.74) is 9.75. The minimum Gasteiger partial charge on any atom is -0.513 e. The van der Waals surface area contributed by atoms with Crippen LogP contribution in [0.4, 0.5) is 4.39 Å². The van der Waals surface area contributed by atoms with Crippen molar-refractivity contribution in [2.24, 2.45) is 5.73 Å². The van der Waals surface area contributed by atoms with E-state index in [-0.39, 0.29) is 30.3 Å². The maximum absolute atomic E-state index is 13.8. The van der Waals surface area contributed by atoms with Crippen molar-refractivity contribution in [3.8, 4) is 5.75 Å². The number of nitrogens with one attached hydrogen (secondary N) is 1. The van der Waals surface area contributed by atoms with Gasteiger partial charge < -0.3 is 25.8 Å². The highest BCUT2D eigenvalue weighted by Gasteiger charge is 2.30. The number of carbonyl (C=O) groups is 1. The van der Waals surface area contributed by atoms with Crippen LogP contribution in [0.5, 0.6) is 5.75 Å². The van der Waals surface area contributed by atoms with E-state index in [1.165, 1.54) is 23.3 Å². The Bertz CT molecular complexity index is 1170. The van der Waals surface area contributed by atoms with E-state index in [4.69, 9.17) is 27.2 Å². The molecule has 0 bridgehead atoms. The molecule has 8 nitrogen and oxygen atoms in total. The molecule has 0 atom stereocenters. The minimum absolute atomic E-state index is 0.0462. The summed E-state index contributed by atoms with van der Waals surface area (Å²) < 4.78 is 19.3. The van der Waals surface area contributed by atoms with Crippen LogP contribution in [0.25, 0.3) is 5.57 Å². The molecule has 2 aliphatic heterocycles. The van der Waals surface area contributed by atoms with Crippen molar-refractivity contribution < 1.29 is 19.0 Å². The molecule has 0 aliphatic carbocycles. The predicted molar refractivity (Wildman–Crippen MR) is 112 cm³/mol. The van der Waals surface area contributed by atoms with Crippen LogP contribution in [-0.2, 0) is 0 Å². The summed E-state index contributed by atoms with van der Waals surface area (Å²) in [6.45, 7) is 3.92. The lowest BCUT2D eigenvalue weighted by Gasteiger charge is -2.18. The topological polar surface area (TPSA) is 124 Å². The molecule has 4 N–H and O–H groups in total. The number of aryl methyl sites for hydroxylation is 2. The Hall–Kier alpha value is -3.59. The van der Waals surface area contributed by atoms with Gasteiger partial charge in [-0.3, -0.25) is 4.79 Å². The van der Waals surface area contributed by atoms with E-state index in [1.54, 1.807) is 13.8 Å². The number of nitrogens with zero attached hydrogens (tertiary/aromatic N) is 3. The molecule has 0 radical (unpaired) electrons. The van der Waals surface area contributed by atoms with Gasteiger partial charge in [0.25, 0.3) is 5.91 Å². The van der Waals surface area contributed by atoms with E-state index in [9.17, 15) is 9.18 Å². The molecule has 0 spiro atoms. The van der Waals surface area contributed by atoms with E-state index in [2.05, 4.69) is 15.3 Å². The van der Waals surface area contributed by atoms with Crippen LogP contribution in [0.1, 0.15) is 27.6 Å². The Morgan fingerprint density at radius 1 is 1.29 bits per heavy atom. The smallest absolute Gasteiger partial charge is 0.258 e. The van der Waals surface area contributed by atoms with Crippen LogP contribution in [-0.4, -0.2) is 39.0 Å². The molecule has 1 aromatic heterocycles. The number of ether oxygens (including phenoxy) is 1. The molecule has 10 heteroatoms. The highest BCUT2D eigenvalue weighted by molar-refractivity contribution is 6.31. The molecule has 1 fully saturated rings. The molecule has 0 saturated carbocycles. The van der Waals surface area contributed by atoms with Gasteiger partial charge in [-0.1, -0.05) is 11.6 Å². The number of hydrogen-bond donors (Lipinski definition) is 3. The third-order valence-corrected chi connectivity index (χ3v) is 5.49. The SMILES string of the molecule is Cc1nc(C2=C(N)CN(C(=O)c3ccc(F)cc3O/C=C3/N/C3=C\O)C2)nc(C)c1Cl. The van der Waals surface area contributed by atoms with Gasteiger partial charge >= 0.3 is 0 Å². The van der Waals surface area contributed by atoms with Crippen molar-refractivity contribution in [2.45, 2.75) is 13.8 Å². The van der Waals surface area contributed by atoms with Gasteiger partial charge in [0.2, 0.25) is 0 Å². The zero-order valence-electron chi connectivity index (χ0n) is 16.7. The molecule has 2 aliphatic rings. The van der Waals surface area contributed by atoms with Crippen molar-refractivity contribution in [2.75, 3.05) is 13.1 Å². The van der Waals surface area contributed by atoms with Crippen LogP contribution < -0.4 is 15.8 Å². The Morgan fingerprint density at radius 3 is 2.65 bits per heavy atom. The number of amides is 1. The van der Waals surface area contributed by atoms with Gasteiger partial charge in [-0.05, 0) is 26.0 Å². The second-order valence-electron chi connectivity index (χ2n) is 7.15. The first-order valence-corrected chi connectivity index (χ1v) is 9.72. The molecule has 1 saturated heterocycles. The van der Waals surface area contributed by atoms with Gasteiger partial charge in [-0.15, -0.1) is 0 Å². The van der Waals surface area contributed by atoms with Gasteiger partial charge in [0.05, 0.1) is 35.1 Å². The standard InChI is InChI=1S/C21H19ClFN5O3/c1-10-19(22)11(2)26-20(25-10)14-6-28(7-15(14)24)21(30)13-4-3-12(23)5-18(13)31-9-17-16(8-29)27-17/h3-5,8-9,27,29H,6-7,24H2,1-2H3/b16-8-,17-9+. The van der Waals surface area contributed by atoms with Gasteiger partial charge in [0.1, 0.15) is 35.5 Å². The molecule has 31 heavy (non-hydrogen) atoms. The summed E-state index contributed by atoms with van der Waals surface area (Å²) in [7, 11) is 0. The summed E-state index contributed by atoms with van der Waals surface area (Å²) in [5.74, 6) is -0.456. The van der Waals surface area contributed by atoms with Gasteiger partial charge in [-0.25, -0.2) is 14.4 Å². The third-order valence-electron chi connectivity index (χ3n) is 4.94. The van der Waals surface area contributed by atoms with E-state index in [0.29, 0.717) is 44.9 Å². The van der Waals surface area contributed by atoms with Crippen molar-refractivity contribution in [3.05, 3.63) is 81.4 Å². The summed E-state index contributed by atoms with van der Waals surface area (Å²) in [6, 6.07) is 3.66. The van der Waals surface area contributed by atoms with Crippen LogP contribution in [0.2, 0.25) is 5.02 Å². The average Bonchev–Trinajstić information content (AvgIpc) is 3.40. The average molecular weight is 444 g/mol. The quantitative estimate of drug-likeness (QED) is 0.490. The number of aromatic nitrogens is 2. The molecule has 1 aromatic carbocycles. The molecular weight excluding hydrogens is 425 g/mol. The fourth-order valence-electron chi connectivity index (χ4n) is 3.22.